The van der Waals surface area contributed by atoms with Gasteiger partial charge in [-0.2, -0.15) is 0 Å². The van der Waals surface area contributed by atoms with E-state index in [0.717, 1.165) is 25.1 Å². The van der Waals surface area contributed by atoms with Crippen molar-refractivity contribution in [3.63, 3.8) is 0 Å². The molecule has 4 rings (SSSR count). The van der Waals surface area contributed by atoms with E-state index in [1.165, 1.54) is 28.9 Å². The van der Waals surface area contributed by atoms with Crippen LogP contribution < -0.4 is 15.1 Å². The Bertz CT molecular complexity index is 881. The standard InChI is InChI=1S/C18H18N4O3/c1-20-7-5-12-10-17-13(9-16(12)20)6-8-21(17)18(23)19-14-3-2-4-15(11-14)22(24)25/h2-4,9-11H,5-8H2,1H3,(H,19,23). The average molecular weight is 338 g/mol. The molecule has 7 heteroatoms. The maximum absolute atomic E-state index is 12.7. The molecule has 1 N–H and O–H groups in total. The number of urea groups is 1. The van der Waals surface area contributed by atoms with E-state index in [9.17, 15) is 14.9 Å². The quantitative estimate of drug-likeness (QED) is 0.674. The highest BCUT2D eigenvalue weighted by Gasteiger charge is 2.28. The zero-order valence-corrected chi connectivity index (χ0v) is 13.9. The van der Waals surface area contributed by atoms with E-state index in [4.69, 9.17) is 0 Å². The van der Waals surface area contributed by atoms with E-state index in [1.807, 2.05) is 0 Å². The third-order valence-corrected chi connectivity index (χ3v) is 4.86. The molecule has 0 fully saturated rings. The number of nitrogens with zero attached hydrogens (tertiary/aromatic N) is 3. The Morgan fingerprint density at radius 2 is 1.84 bits per heavy atom. The Morgan fingerprint density at radius 3 is 2.64 bits per heavy atom. The summed E-state index contributed by atoms with van der Waals surface area (Å²) in [6, 6.07) is 10.0. The molecule has 0 radical (unpaired) electrons. The number of benzene rings is 2. The van der Waals surface area contributed by atoms with Gasteiger partial charge in [-0.15, -0.1) is 0 Å². The molecule has 0 saturated carbocycles. The molecule has 2 aliphatic heterocycles. The number of nitro groups is 1. The number of likely N-dealkylation sites (N-methyl/N-ethyl adjacent to an activating group) is 1. The fraction of sp³-hybridized carbons (Fsp3) is 0.278. The highest BCUT2D eigenvalue weighted by Crippen LogP contribution is 2.37. The largest absolute Gasteiger partial charge is 0.374 e. The van der Waals surface area contributed by atoms with E-state index >= 15 is 0 Å². The minimum atomic E-state index is -0.472. The van der Waals surface area contributed by atoms with Gasteiger partial charge in [0.15, 0.2) is 0 Å². The zero-order chi connectivity index (χ0) is 17.6. The van der Waals surface area contributed by atoms with Crippen LogP contribution in [0.5, 0.6) is 0 Å². The lowest BCUT2D eigenvalue weighted by Gasteiger charge is -2.19. The summed E-state index contributed by atoms with van der Waals surface area (Å²) in [6.45, 7) is 1.61. The van der Waals surface area contributed by atoms with Crippen LogP contribution in [0.1, 0.15) is 11.1 Å². The number of hydrogen-bond donors (Lipinski definition) is 1. The highest BCUT2D eigenvalue weighted by molar-refractivity contribution is 6.03. The molecule has 2 aliphatic rings. The molecule has 128 valence electrons. The van der Waals surface area contributed by atoms with Crippen molar-refractivity contribution in [2.24, 2.45) is 0 Å². The van der Waals surface area contributed by atoms with Gasteiger partial charge < -0.3 is 10.2 Å². The molecular formula is C18H18N4O3. The number of hydrogen-bond acceptors (Lipinski definition) is 4. The van der Waals surface area contributed by atoms with Gasteiger partial charge in [-0.25, -0.2) is 4.79 Å². The van der Waals surface area contributed by atoms with Gasteiger partial charge in [0.25, 0.3) is 5.69 Å². The van der Waals surface area contributed by atoms with E-state index < -0.39 is 4.92 Å². The molecular weight excluding hydrogens is 320 g/mol. The number of fused-ring (bicyclic) bond motifs is 2. The first-order valence-corrected chi connectivity index (χ1v) is 8.23. The van der Waals surface area contributed by atoms with Crippen molar-refractivity contribution in [3.05, 3.63) is 57.6 Å². The number of carbonyl (C=O) groups is 1. The predicted octanol–water partition coefficient (Wildman–Crippen LogP) is 3.18. The van der Waals surface area contributed by atoms with E-state index in [-0.39, 0.29) is 11.7 Å². The second kappa shape index (κ2) is 5.77. The predicted molar refractivity (Wildman–Crippen MR) is 96.6 cm³/mol. The SMILES string of the molecule is CN1CCc2cc3c(cc21)CCN3C(=O)Nc1cccc([N+](=O)[O-])c1. The van der Waals surface area contributed by atoms with Gasteiger partial charge in [0.05, 0.1) is 4.92 Å². The molecule has 0 unspecified atom stereocenters. The van der Waals surface area contributed by atoms with Crippen molar-refractivity contribution in [3.8, 4) is 0 Å². The lowest BCUT2D eigenvalue weighted by Crippen LogP contribution is -2.33. The molecule has 0 spiro atoms. The fourth-order valence-electron chi connectivity index (χ4n) is 3.53. The second-order valence-corrected chi connectivity index (χ2v) is 6.42. The van der Waals surface area contributed by atoms with Crippen LogP contribution in [0.3, 0.4) is 0 Å². The molecule has 0 bridgehead atoms. The van der Waals surface area contributed by atoms with Gasteiger partial charge >= 0.3 is 6.03 Å². The van der Waals surface area contributed by atoms with Crippen molar-refractivity contribution < 1.29 is 9.72 Å². The van der Waals surface area contributed by atoms with Gasteiger partial charge in [0.2, 0.25) is 0 Å². The first-order valence-electron chi connectivity index (χ1n) is 8.23. The van der Waals surface area contributed by atoms with Crippen LogP contribution in [0, 0.1) is 10.1 Å². The number of rotatable bonds is 2. The second-order valence-electron chi connectivity index (χ2n) is 6.42. The Labute approximate surface area is 145 Å². The fourth-order valence-corrected chi connectivity index (χ4v) is 3.53. The van der Waals surface area contributed by atoms with Crippen LogP contribution in [-0.4, -0.2) is 31.1 Å². The summed E-state index contributed by atoms with van der Waals surface area (Å²) in [4.78, 5) is 27.0. The van der Waals surface area contributed by atoms with Crippen LogP contribution in [0.4, 0.5) is 27.5 Å². The lowest BCUT2D eigenvalue weighted by atomic mass is 10.1. The van der Waals surface area contributed by atoms with Crippen LogP contribution in [-0.2, 0) is 12.8 Å². The summed E-state index contributed by atoms with van der Waals surface area (Å²) >= 11 is 0. The molecule has 2 aromatic rings. The maximum Gasteiger partial charge on any atom is 0.326 e. The van der Waals surface area contributed by atoms with Crippen molar-refractivity contribution in [2.45, 2.75) is 12.8 Å². The molecule has 2 aromatic carbocycles. The van der Waals surface area contributed by atoms with Gasteiger partial charge in [-0.05, 0) is 42.2 Å². The first kappa shape index (κ1) is 15.4. The minimum Gasteiger partial charge on any atom is -0.374 e. The highest BCUT2D eigenvalue weighted by atomic mass is 16.6. The van der Waals surface area contributed by atoms with E-state index in [2.05, 4.69) is 29.4 Å². The topological polar surface area (TPSA) is 78.7 Å². The number of carbonyl (C=O) groups excluding carboxylic acids is 1. The van der Waals surface area contributed by atoms with Crippen molar-refractivity contribution in [1.29, 1.82) is 0 Å². The molecule has 7 nitrogen and oxygen atoms in total. The molecule has 0 saturated heterocycles. The van der Waals surface area contributed by atoms with Gasteiger partial charge in [0, 0.05) is 49.3 Å². The van der Waals surface area contributed by atoms with Crippen LogP contribution in [0.25, 0.3) is 0 Å². The Morgan fingerprint density at radius 1 is 1.12 bits per heavy atom. The molecule has 0 atom stereocenters. The summed E-state index contributed by atoms with van der Waals surface area (Å²) < 4.78 is 0. The molecule has 25 heavy (non-hydrogen) atoms. The van der Waals surface area contributed by atoms with Crippen molar-refractivity contribution in [2.75, 3.05) is 35.3 Å². The number of nitro benzene ring substituents is 1. The lowest BCUT2D eigenvalue weighted by molar-refractivity contribution is -0.384. The summed E-state index contributed by atoms with van der Waals surface area (Å²) in [5.41, 5.74) is 5.00. The van der Waals surface area contributed by atoms with Crippen molar-refractivity contribution >= 4 is 28.8 Å². The van der Waals surface area contributed by atoms with Crippen LogP contribution >= 0.6 is 0 Å². The monoisotopic (exact) mass is 338 g/mol. The van der Waals surface area contributed by atoms with Gasteiger partial charge in [-0.3, -0.25) is 15.0 Å². The van der Waals surface area contributed by atoms with Crippen molar-refractivity contribution in [1.82, 2.24) is 0 Å². The molecule has 0 aliphatic carbocycles. The summed E-state index contributed by atoms with van der Waals surface area (Å²) in [6.07, 6.45) is 1.80. The summed E-state index contributed by atoms with van der Waals surface area (Å²) in [5, 5.41) is 13.6. The smallest absolute Gasteiger partial charge is 0.326 e. The Hall–Kier alpha value is -3.09. The van der Waals surface area contributed by atoms with Crippen LogP contribution in [0.15, 0.2) is 36.4 Å². The normalized spacial score (nSPS) is 15.1. The minimum absolute atomic E-state index is 0.0412. The third-order valence-electron chi connectivity index (χ3n) is 4.86. The number of non-ortho nitro benzene ring substituents is 1. The molecule has 2 amide bonds. The number of anilines is 3. The van der Waals surface area contributed by atoms with Crippen LogP contribution in [0.2, 0.25) is 0 Å². The summed E-state index contributed by atoms with van der Waals surface area (Å²) in [7, 11) is 2.08. The van der Waals surface area contributed by atoms with Gasteiger partial charge in [-0.1, -0.05) is 6.07 Å². The van der Waals surface area contributed by atoms with Gasteiger partial charge in [0.1, 0.15) is 0 Å². The Balaban J connectivity index is 1.57. The average Bonchev–Trinajstić information content (AvgIpc) is 3.17. The third kappa shape index (κ3) is 2.67. The van der Waals surface area contributed by atoms with E-state index in [0.29, 0.717) is 12.2 Å². The molecule has 0 aromatic heterocycles. The first-order chi connectivity index (χ1) is 12.0. The van der Waals surface area contributed by atoms with E-state index in [1.54, 1.807) is 17.0 Å². The summed E-state index contributed by atoms with van der Waals surface area (Å²) in [5.74, 6) is 0. The zero-order valence-electron chi connectivity index (χ0n) is 13.9. The number of nitrogens with one attached hydrogen (secondary N) is 1. The molecule has 2 heterocycles. The maximum atomic E-state index is 12.7. The number of amides is 2. The Kier molecular flexibility index (Phi) is 3.56.